The molecule has 2 aromatic carbocycles. The van der Waals surface area contributed by atoms with Gasteiger partial charge in [0.05, 0.1) is 12.2 Å². The van der Waals surface area contributed by atoms with Crippen molar-refractivity contribution < 1.29 is 14.3 Å². The van der Waals surface area contributed by atoms with Gasteiger partial charge in [0.25, 0.3) is 0 Å². The number of halogens is 1. The number of carboxylic acid groups (broad SMARTS) is 1. The number of hydrogen-bond acceptors (Lipinski definition) is 2. The van der Waals surface area contributed by atoms with Gasteiger partial charge in [0, 0.05) is 31.5 Å². The third kappa shape index (κ3) is 4.71. The predicted molar refractivity (Wildman–Crippen MR) is 134 cm³/mol. The maximum Gasteiger partial charge on any atom is 0.335 e. The summed E-state index contributed by atoms with van der Waals surface area (Å²) in [7, 11) is 0. The van der Waals surface area contributed by atoms with Gasteiger partial charge in [-0.05, 0) is 95.7 Å². The first-order chi connectivity index (χ1) is 16.6. The number of aromatic nitrogens is 1. The Labute approximate surface area is 200 Å². The summed E-state index contributed by atoms with van der Waals surface area (Å²) in [6, 6.07) is 18.6. The molecule has 0 radical (unpaired) electrons. The van der Waals surface area contributed by atoms with Crippen LogP contribution in [-0.4, -0.2) is 47.3 Å². The Morgan fingerprint density at radius 1 is 1.09 bits per heavy atom. The topological polar surface area (TPSA) is 56.3 Å². The molecule has 1 aliphatic heterocycles. The van der Waals surface area contributed by atoms with Gasteiger partial charge in [-0.1, -0.05) is 30.3 Å². The van der Waals surface area contributed by atoms with Crippen molar-refractivity contribution in [2.45, 2.75) is 32.1 Å². The van der Waals surface area contributed by atoms with Crippen molar-refractivity contribution in [1.29, 1.82) is 0 Å². The van der Waals surface area contributed by atoms with Crippen LogP contribution in [0.4, 0.5) is 4.39 Å². The molecule has 34 heavy (non-hydrogen) atoms. The number of aromatic amines is 1. The highest BCUT2D eigenvalue weighted by Crippen LogP contribution is 2.39. The van der Waals surface area contributed by atoms with Crippen LogP contribution in [0.2, 0.25) is 0 Å². The first-order valence-corrected chi connectivity index (χ1v) is 12.2. The summed E-state index contributed by atoms with van der Waals surface area (Å²) in [5, 5.41) is 9.49. The number of benzene rings is 2. The molecule has 0 unspecified atom stereocenters. The van der Waals surface area contributed by atoms with Crippen LogP contribution < -0.4 is 0 Å². The smallest absolute Gasteiger partial charge is 0.335 e. The number of carbonyl (C=O) groups is 1. The van der Waals surface area contributed by atoms with E-state index in [1.807, 2.05) is 24.4 Å². The number of carboxylic acids is 1. The number of likely N-dealkylation sites (tertiary alicyclic amines) is 1. The summed E-state index contributed by atoms with van der Waals surface area (Å²) in [6.45, 7) is 2.75. The second-order valence-corrected chi connectivity index (χ2v) is 9.54. The lowest BCUT2D eigenvalue weighted by molar-refractivity contribution is 0.0696. The van der Waals surface area contributed by atoms with Crippen LogP contribution in [0.5, 0.6) is 0 Å². The maximum absolute atomic E-state index is 12.4. The molecule has 0 bridgehead atoms. The van der Waals surface area contributed by atoms with Gasteiger partial charge in [-0.25, -0.2) is 4.79 Å². The predicted octanol–water partition coefficient (Wildman–Crippen LogP) is 5.84. The fourth-order valence-electron chi connectivity index (χ4n) is 5.45. The summed E-state index contributed by atoms with van der Waals surface area (Å²) in [4.78, 5) is 17.3. The second kappa shape index (κ2) is 9.98. The van der Waals surface area contributed by atoms with Gasteiger partial charge >= 0.3 is 5.97 Å². The Kier molecular flexibility index (Phi) is 6.63. The zero-order valence-electron chi connectivity index (χ0n) is 19.4. The average Bonchev–Trinajstić information content (AvgIpc) is 3.29. The van der Waals surface area contributed by atoms with Gasteiger partial charge in [0.1, 0.15) is 0 Å². The van der Waals surface area contributed by atoms with Gasteiger partial charge in [-0.15, -0.1) is 0 Å². The van der Waals surface area contributed by atoms with Crippen LogP contribution in [-0.2, 0) is 12.8 Å². The largest absolute Gasteiger partial charge is 0.478 e. The monoisotopic (exact) mass is 458 g/mol. The SMILES string of the molecule is O=C(O)c1ccc2c(c1)CCCC(c1ccc[nH]1)=C2c1ccc(CC2CN(CCCF)C2)cc1. The van der Waals surface area contributed by atoms with Crippen LogP contribution in [0.3, 0.4) is 0 Å². The number of rotatable bonds is 8. The van der Waals surface area contributed by atoms with E-state index < -0.39 is 5.97 Å². The maximum atomic E-state index is 12.4. The lowest BCUT2D eigenvalue weighted by Crippen LogP contribution is -2.47. The minimum atomic E-state index is -0.884. The Morgan fingerprint density at radius 2 is 1.91 bits per heavy atom. The molecule has 5 rings (SSSR count). The standard InChI is InChI=1S/C29H31FN2O2/c30-13-3-15-32-18-21(19-32)16-20-7-9-22(10-8-20)28-25-12-11-24(29(33)34)17-23(25)4-1-5-26(28)27-6-2-14-31-27/h2,6-12,14,17,21,31H,1,3-5,13,15-16,18-19H2,(H,33,34). The fraction of sp³-hybridized carbons (Fsp3) is 0.345. The number of aryl methyl sites for hydroxylation is 1. The van der Waals surface area contributed by atoms with Crippen molar-refractivity contribution in [3.8, 4) is 0 Å². The summed E-state index contributed by atoms with van der Waals surface area (Å²) >= 11 is 0. The quantitative estimate of drug-likeness (QED) is 0.446. The number of hydrogen-bond donors (Lipinski definition) is 2. The highest BCUT2D eigenvalue weighted by atomic mass is 19.1. The Morgan fingerprint density at radius 3 is 2.62 bits per heavy atom. The molecule has 176 valence electrons. The first-order valence-electron chi connectivity index (χ1n) is 12.2. The molecule has 2 N–H and O–H groups in total. The number of fused-ring (bicyclic) bond motifs is 1. The molecule has 5 heteroatoms. The molecular weight excluding hydrogens is 427 g/mol. The van der Waals surface area contributed by atoms with Crippen LogP contribution in [0.25, 0.3) is 11.1 Å². The highest BCUT2D eigenvalue weighted by Gasteiger charge is 2.26. The zero-order chi connectivity index (χ0) is 23.5. The molecule has 1 saturated heterocycles. The van der Waals surface area contributed by atoms with Crippen molar-refractivity contribution >= 4 is 17.1 Å². The molecule has 0 spiro atoms. The number of allylic oxidation sites excluding steroid dienone is 1. The molecule has 1 aromatic heterocycles. The van der Waals surface area contributed by atoms with Crippen molar-refractivity contribution in [3.05, 3.63) is 94.3 Å². The fourth-order valence-corrected chi connectivity index (χ4v) is 5.45. The number of H-pyrrole nitrogens is 1. The summed E-state index contributed by atoms with van der Waals surface area (Å²) in [6.07, 6.45) is 6.42. The molecule has 2 aliphatic rings. The van der Waals surface area contributed by atoms with Crippen LogP contribution in [0.15, 0.2) is 60.8 Å². The lowest BCUT2D eigenvalue weighted by Gasteiger charge is -2.39. The van der Waals surface area contributed by atoms with E-state index in [1.54, 1.807) is 6.07 Å². The average molecular weight is 459 g/mol. The van der Waals surface area contributed by atoms with Gasteiger partial charge in [0.15, 0.2) is 0 Å². The third-order valence-electron chi connectivity index (χ3n) is 7.13. The first kappa shape index (κ1) is 22.6. The van der Waals surface area contributed by atoms with E-state index >= 15 is 0 Å². The van der Waals surface area contributed by atoms with Gasteiger partial charge in [0.2, 0.25) is 0 Å². The minimum Gasteiger partial charge on any atom is -0.478 e. The van der Waals surface area contributed by atoms with E-state index in [0.717, 1.165) is 67.7 Å². The van der Waals surface area contributed by atoms with E-state index in [-0.39, 0.29) is 6.67 Å². The highest BCUT2D eigenvalue weighted by molar-refractivity contribution is 6.00. The molecule has 1 fully saturated rings. The normalized spacial score (nSPS) is 16.7. The van der Waals surface area contributed by atoms with E-state index in [2.05, 4.69) is 40.2 Å². The molecule has 2 heterocycles. The molecule has 0 saturated carbocycles. The Balaban J connectivity index is 1.44. The number of alkyl halides is 1. The van der Waals surface area contributed by atoms with Crippen molar-refractivity contribution in [3.63, 3.8) is 0 Å². The Hall–Kier alpha value is -3.18. The summed E-state index contributed by atoms with van der Waals surface area (Å²) in [5.41, 5.74) is 8.66. The number of aromatic carboxylic acids is 1. The van der Waals surface area contributed by atoms with Crippen LogP contribution in [0.1, 0.15) is 57.6 Å². The second-order valence-electron chi connectivity index (χ2n) is 9.54. The summed E-state index contributed by atoms with van der Waals surface area (Å²) in [5.74, 6) is -0.238. The van der Waals surface area contributed by atoms with Crippen LogP contribution >= 0.6 is 0 Å². The molecule has 4 nitrogen and oxygen atoms in total. The van der Waals surface area contributed by atoms with Crippen molar-refractivity contribution in [2.24, 2.45) is 5.92 Å². The Bertz CT molecular complexity index is 1180. The van der Waals surface area contributed by atoms with Gasteiger partial charge in [-0.2, -0.15) is 0 Å². The van der Waals surface area contributed by atoms with E-state index in [0.29, 0.717) is 17.9 Å². The molecule has 3 aromatic rings. The molecule has 0 amide bonds. The van der Waals surface area contributed by atoms with Crippen molar-refractivity contribution in [2.75, 3.05) is 26.3 Å². The molecular formula is C29H31FN2O2. The van der Waals surface area contributed by atoms with Gasteiger partial charge < -0.3 is 15.0 Å². The zero-order valence-corrected chi connectivity index (χ0v) is 19.4. The summed E-state index contributed by atoms with van der Waals surface area (Å²) < 4.78 is 12.4. The van der Waals surface area contributed by atoms with E-state index in [4.69, 9.17) is 0 Å². The van der Waals surface area contributed by atoms with Crippen molar-refractivity contribution in [1.82, 2.24) is 9.88 Å². The van der Waals surface area contributed by atoms with Crippen LogP contribution in [0, 0.1) is 5.92 Å². The van der Waals surface area contributed by atoms with Gasteiger partial charge in [-0.3, -0.25) is 4.39 Å². The number of nitrogens with zero attached hydrogens (tertiary/aromatic N) is 1. The van der Waals surface area contributed by atoms with E-state index in [1.165, 1.54) is 16.7 Å². The minimum absolute atomic E-state index is 0.232. The molecule has 0 atom stereocenters. The molecule has 1 aliphatic carbocycles. The lowest BCUT2D eigenvalue weighted by atomic mass is 9.87. The number of nitrogens with one attached hydrogen (secondary N) is 1. The van der Waals surface area contributed by atoms with E-state index in [9.17, 15) is 14.3 Å². The third-order valence-corrected chi connectivity index (χ3v) is 7.13.